The maximum absolute atomic E-state index is 17.0. The number of halogens is 2. The zero-order chi connectivity index (χ0) is 42.3. The summed E-state index contributed by atoms with van der Waals surface area (Å²) in [7, 11) is 0. The lowest BCUT2D eigenvalue weighted by atomic mass is 9.85. The van der Waals surface area contributed by atoms with E-state index in [1.165, 1.54) is 0 Å². The van der Waals surface area contributed by atoms with Crippen molar-refractivity contribution in [1.82, 2.24) is 29.9 Å². The van der Waals surface area contributed by atoms with Crippen LogP contribution in [0.15, 0.2) is 200 Å². The van der Waals surface area contributed by atoms with Crippen LogP contribution in [-0.2, 0) is 5.92 Å². The Morgan fingerprint density at radius 3 is 1.13 bits per heavy atom. The summed E-state index contributed by atoms with van der Waals surface area (Å²) in [6.07, 6.45) is 3.72. The molecule has 0 N–H and O–H groups in total. The monoisotopic (exact) mass is 818 g/mol. The van der Waals surface area contributed by atoms with Gasteiger partial charge < -0.3 is 0 Å². The van der Waals surface area contributed by atoms with Crippen LogP contribution in [0.25, 0.3) is 90.3 Å². The SMILES string of the molecule is FC1(F)c2cc(-c3nc(-c4ccccc4)nc(-c4ccc(-c5ccccc5)cc4)n3)ccc2C2=CC=C(c3nc(-c4ccccc4)nc(-c4ccc(-c5ccccc5)cc4)n3)CC21. The minimum Gasteiger partial charge on any atom is -0.209 e. The number of nitrogens with zero attached hydrogens (tertiary/aromatic N) is 6. The van der Waals surface area contributed by atoms with E-state index < -0.39 is 11.8 Å². The summed E-state index contributed by atoms with van der Waals surface area (Å²) in [5.41, 5.74) is 9.67. The lowest BCUT2D eigenvalue weighted by Gasteiger charge is -2.24. The molecule has 2 aliphatic rings. The van der Waals surface area contributed by atoms with Gasteiger partial charge in [0.1, 0.15) is 0 Å². The van der Waals surface area contributed by atoms with E-state index in [2.05, 4.69) is 24.3 Å². The van der Waals surface area contributed by atoms with Crippen molar-refractivity contribution in [2.24, 2.45) is 5.92 Å². The quantitative estimate of drug-likeness (QED) is 0.152. The molecule has 9 aromatic rings. The summed E-state index contributed by atoms with van der Waals surface area (Å²) >= 11 is 0. The van der Waals surface area contributed by atoms with Crippen molar-refractivity contribution in [2.75, 3.05) is 0 Å². The summed E-state index contributed by atoms with van der Waals surface area (Å²) in [5, 5.41) is 0. The molecule has 0 spiro atoms. The highest BCUT2D eigenvalue weighted by molar-refractivity contribution is 5.85. The van der Waals surface area contributed by atoms with E-state index in [1.807, 2.05) is 158 Å². The molecule has 0 aliphatic heterocycles. The van der Waals surface area contributed by atoms with E-state index in [0.29, 0.717) is 57.2 Å². The highest BCUT2D eigenvalue weighted by Crippen LogP contribution is 2.57. The molecule has 0 saturated carbocycles. The number of aromatic nitrogens is 6. The van der Waals surface area contributed by atoms with Crippen LogP contribution in [0.4, 0.5) is 8.78 Å². The molecular weight excluding hydrogens is 783 g/mol. The summed E-state index contributed by atoms with van der Waals surface area (Å²) in [5.74, 6) is -1.78. The van der Waals surface area contributed by atoms with Gasteiger partial charge in [0.2, 0.25) is 0 Å². The first kappa shape index (κ1) is 37.9. The van der Waals surface area contributed by atoms with E-state index in [0.717, 1.165) is 44.5 Å². The van der Waals surface area contributed by atoms with Gasteiger partial charge in [-0.15, -0.1) is 0 Å². The van der Waals surface area contributed by atoms with Gasteiger partial charge in [0.05, 0.1) is 5.92 Å². The Hall–Kier alpha value is -8.10. The van der Waals surface area contributed by atoms with Gasteiger partial charge in [0.15, 0.2) is 34.9 Å². The number of fused-ring (bicyclic) bond motifs is 3. The number of hydrogen-bond acceptors (Lipinski definition) is 6. The Bertz CT molecular complexity index is 3190. The number of benzene rings is 7. The predicted molar refractivity (Wildman–Crippen MR) is 246 cm³/mol. The zero-order valence-corrected chi connectivity index (χ0v) is 33.8. The fourth-order valence-corrected chi connectivity index (χ4v) is 8.47. The van der Waals surface area contributed by atoms with Gasteiger partial charge in [-0.2, -0.15) is 0 Å². The first-order valence-electron chi connectivity index (χ1n) is 20.8. The number of alkyl halides is 2. The lowest BCUT2D eigenvalue weighted by molar-refractivity contribution is -0.0344. The molecule has 0 amide bonds. The third-order valence-corrected chi connectivity index (χ3v) is 11.8. The third-order valence-electron chi connectivity index (χ3n) is 11.8. The molecule has 7 aromatic carbocycles. The molecule has 11 rings (SSSR count). The van der Waals surface area contributed by atoms with Crippen LogP contribution in [0.5, 0.6) is 0 Å². The van der Waals surface area contributed by atoms with Crippen LogP contribution in [0.1, 0.15) is 23.4 Å². The number of allylic oxidation sites excluding steroid dienone is 4. The first-order chi connectivity index (χ1) is 30.9. The van der Waals surface area contributed by atoms with Gasteiger partial charge in [0, 0.05) is 33.4 Å². The van der Waals surface area contributed by atoms with E-state index in [9.17, 15) is 0 Å². The minimum atomic E-state index is -3.20. The second kappa shape index (κ2) is 15.7. The molecule has 1 unspecified atom stereocenters. The molecule has 2 aromatic heterocycles. The average molecular weight is 819 g/mol. The van der Waals surface area contributed by atoms with Gasteiger partial charge in [-0.25, -0.2) is 38.7 Å². The maximum Gasteiger partial charge on any atom is 0.280 e. The summed E-state index contributed by atoms with van der Waals surface area (Å²) < 4.78 is 34.0. The molecular formula is C55H36F2N6. The van der Waals surface area contributed by atoms with Gasteiger partial charge in [0.25, 0.3) is 5.92 Å². The van der Waals surface area contributed by atoms with Crippen LogP contribution in [0, 0.1) is 5.92 Å². The summed E-state index contributed by atoms with van der Waals surface area (Å²) in [4.78, 5) is 29.3. The van der Waals surface area contributed by atoms with Gasteiger partial charge in [-0.1, -0.05) is 194 Å². The second-order valence-electron chi connectivity index (χ2n) is 15.7. The van der Waals surface area contributed by atoms with Crippen LogP contribution >= 0.6 is 0 Å². The number of rotatable bonds is 8. The van der Waals surface area contributed by atoms with Crippen LogP contribution < -0.4 is 0 Å². The Kier molecular flexibility index (Phi) is 9.46. The lowest BCUT2D eigenvalue weighted by Crippen LogP contribution is -2.22. The Morgan fingerprint density at radius 2 is 0.683 bits per heavy atom. The second-order valence-corrected chi connectivity index (χ2v) is 15.7. The molecule has 2 heterocycles. The molecule has 8 heteroatoms. The Balaban J connectivity index is 0.944. The van der Waals surface area contributed by atoms with Crippen molar-refractivity contribution >= 4 is 11.1 Å². The van der Waals surface area contributed by atoms with E-state index >= 15 is 8.78 Å². The topological polar surface area (TPSA) is 77.3 Å². The highest BCUT2D eigenvalue weighted by atomic mass is 19.3. The molecule has 1 atom stereocenters. The zero-order valence-electron chi connectivity index (χ0n) is 33.8. The smallest absolute Gasteiger partial charge is 0.209 e. The van der Waals surface area contributed by atoms with E-state index in [-0.39, 0.29) is 12.0 Å². The van der Waals surface area contributed by atoms with E-state index in [1.54, 1.807) is 18.2 Å². The minimum absolute atomic E-state index is 0.0422. The first-order valence-corrected chi connectivity index (χ1v) is 20.8. The molecule has 0 radical (unpaired) electrons. The normalized spacial score (nSPS) is 14.9. The van der Waals surface area contributed by atoms with Crippen molar-refractivity contribution in [3.63, 3.8) is 0 Å². The van der Waals surface area contributed by atoms with Crippen molar-refractivity contribution in [1.29, 1.82) is 0 Å². The fourth-order valence-electron chi connectivity index (χ4n) is 8.47. The van der Waals surface area contributed by atoms with Crippen molar-refractivity contribution < 1.29 is 8.78 Å². The molecule has 300 valence electrons. The molecule has 0 saturated heterocycles. The Morgan fingerprint density at radius 1 is 0.349 bits per heavy atom. The van der Waals surface area contributed by atoms with Crippen LogP contribution in [-0.4, -0.2) is 29.9 Å². The highest BCUT2D eigenvalue weighted by Gasteiger charge is 2.52. The molecule has 0 bridgehead atoms. The average Bonchev–Trinajstić information content (AvgIpc) is 3.59. The van der Waals surface area contributed by atoms with Crippen molar-refractivity contribution in [3.05, 3.63) is 217 Å². The molecule has 2 aliphatic carbocycles. The summed E-state index contributed by atoms with van der Waals surface area (Å²) in [6, 6.07) is 60.8. The van der Waals surface area contributed by atoms with Crippen LogP contribution in [0.2, 0.25) is 0 Å². The molecule has 6 nitrogen and oxygen atoms in total. The number of hydrogen-bond donors (Lipinski definition) is 0. The van der Waals surface area contributed by atoms with Crippen molar-refractivity contribution in [3.8, 4) is 79.2 Å². The Labute approximate surface area is 363 Å². The fraction of sp³-hybridized carbons (Fsp3) is 0.0545. The summed E-state index contributed by atoms with van der Waals surface area (Å²) in [6.45, 7) is 0. The standard InChI is InChI=1S/C55H36F2N6/c56-55(57)47-33-43(53-60-49(39-17-9-3-10-18-39)58-51(62-53)41-25-21-37(22-26-41)35-13-5-1-6-14-35)29-31-45(47)46-32-30-44(34-48(46)55)54-61-50(40-19-11-4-12-20-40)59-52(63-54)42-27-23-38(24-28-42)36-15-7-2-8-16-36/h1-33,48H,34H2. The molecule has 63 heavy (non-hydrogen) atoms. The van der Waals surface area contributed by atoms with E-state index in [4.69, 9.17) is 29.9 Å². The van der Waals surface area contributed by atoms with Gasteiger partial charge >= 0.3 is 0 Å². The third kappa shape index (κ3) is 7.21. The van der Waals surface area contributed by atoms with Gasteiger partial charge in [-0.3, -0.25) is 0 Å². The maximum atomic E-state index is 17.0. The van der Waals surface area contributed by atoms with Gasteiger partial charge in [-0.05, 0) is 51.5 Å². The van der Waals surface area contributed by atoms with Crippen molar-refractivity contribution in [2.45, 2.75) is 12.3 Å². The van der Waals surface area contributed by atoms with Crippen LogP contribution in [0.3, 0.4) is 0 Å². The molecule has 0 fully saturated rings. The largest absolute Gasteiger partial charge is 0.280 e. The predicted octanol–water partition coefficient (Wildman–Crippen LogP) is 13.3.